The van der Waals surface area contributed by atoms with Crippen LogP contribution in [0.4, 0.5) is 0 Å². The molecule has 1 N–H and O–H groups in total. The normalized spacial score (nSPS) is 29.5. The highest BCUT2D eigenvalue weighted by atomic mass is 16.4. The van der Waals surface area contributed by atoms with Crippen LogP contribution in [-0.2, 0) is 4.79 Å². The van der Waals surface area contributed by atoms with Gasteiger partial charge in [0.2, 0.25) is 0 Å². The van der Waals surface area contributed by atoms with Gasteiger partial charge in [-0.2, -0.15) is 0 Å². The second-order valence-corrected chi connectivity index (χ2v) is 6.14. The zero-order chi connectivity index (χ0) is 12.8. The summed E-state index contributed by atoms with van der Waals surface area (Å²) in [6, 6.07) is 0. The minimum Gasteiger partial charge on any atom is -0.481 e. The van der Waals surface area contributed by atoms with Crippen LogP contribution in [0.5, 0.6) is 0 Å². The molecule has 0 heterocycles. The first-order valence-corrected chi connectivity index (χ1v) is 7.27. The molecular formula is C15H28O2. The lowest BCUT2D eigenvalue weighted by atomic mass is 9.70. The van der Waals surface area contributed by atoms with Gasteiger partial charge in [0, 0.05) is 0 Å². The summed E-state index contributed by atoms with van der Waals surface area (Å²) in [5.41, 5.74) is 0. The average Bonchev–Trinajstić information content (AvgIpc) is 2.26. The molecule has 0 bridgehead atoms. The van der Waals surface area contributed by atoms with Crippen molar-refractivity contribution in [3.05, 3.63) is 0 Å². The van der Waals surface area contributed by atoms with Crippen molar-refractivity contribution in [1.29, 1.82) is 0 Å². The smallest absolute Gasteiger partial charge is 0.306 e. The maximum absolute atomic E-state index is 11.3. The summed E-state index contributed by atoms with van der Waals surface area (Å²) in [4.78, 5) is 11.3. The van der Waals surface area contributed by atoms with E-state index >= 15 is 0 Å². The summed E-state index contributed by atoms with van der Waals surface area (Å²) in [6.07, 6.45) is 7.98. The van der Waals surface area contributed by atoms with Crippen molar-refractivity contribution in [2.24, 2.45) is 23.7 Å². The Morgan fingerprint density at radius 1 is 1.29 bits per heavy atom. The topological polar surface area (TPSA) is 37.3 Å². The minimum atomic E-state index is -0.561. The van der Waals surface area contributed by atoms with Crippen LogP contribution in [0.1, 0.15) is 65.7 Å². The van der Waals surface area contributed by atoms with Gasteiger partial charge in [0.15, 0.2) is 0 Å². The van der Waals surface area contributed by atoms with Crippen LogP contribution in [0.3, 0.4) is 0 Å². The highest BCUT2D eigenvalue weighted by molar-refractivity contribution is 5.70. The minimum absolute atomic E-state index is 0.0677. The Morgan fingerprint density at radius 3 is 2.53 bits per heavy atom. The third kappa shape index (κ3) is 4.69. The van der Waals surface area contributed by atoms with E-state index in [2.05, 4.69) is 20.8 Å². The van der Waals surface area contributed by atoms with Gasteiger partial charge in [-0.25, -0.2) is 0 Å². The van der Waals surface area contributed by atoms with Gasteiger partial charge in [-0.3, -0.25) is 4.79 Å². The zero-order valence-electron chi connectivity index (χ0n) is 11.6. The van der Waals surface area contributed by atoms with Crippen molar-refractivity contribution in [1.82, 2.24) is 0 Å². The van der Waals surface area contributed by atoms with Crippen molar-refractivity contribution in [3.63, 3.8) is 0 Å². The van der Waals surface area contributed by atoms with E-state index in [-0.39, 0.29) is 5.92 Å². The number of carboxylic acids is 1. The third-order valence-corrected chi connectivity index (χ3v) is 4.22. The summed E-state index contributed by atoms with van der Waals surface area (Å²) in [5, 5.41) is 9.29. The first-order chi connectivity index (χ1) is 8.04. The van der Waals surface area contributed by atoms with Crippen LogP contribution in [-0.4, -0.2) is 11.1 Å². The van der Waals surface area contributed by atoms with E-state index in [9.17, 15) is 9.90 Å². The highest BCUT2D eigenvalue weighted by Gasteiger charge is 2.34. The molecule has 0 aromatic rings. The van der Waals surface area contributed by atoms with Crippen molar-refractivity contribution in [3.8, 4) is 0 Å². The van der Waals surface area contributed by atoms with Crippen molar-refractivity contribution in [2.75, 3.05) is 0 Å². The molecule has 3 atom stereocenters. The Balaban J connectivity index is 2.53. The van der Waals surface area contributed by atoms with Gasteiger partial charge in [0.25, 0.3) is 0 Å². The molecule has 1 aliphatic carbocycles. The van der Waals surface area contributed by atoms with Crippen molar-refractivity contribution >= 4 is 5.97 Å². The molecule has 3 unspecified atom stereocenters. The van der Waals surface area contributed by atoms with Crippen LogP contribution < -0.4 is 0 Å². The lowest BCUT2D eigenvalue weighted by Crippen LogP contribution is -2.31. The fraction of sp³-hybridized carbons (Fsp3) is 0.933. The summed E-state index contributed by atoms with van der Waals surface area (Å²) < 4.78 is 0. The van der Waals surface area contributed by atoms with E-state index < -0.39 is 5.97 Å². The number of hydrogen-bond donors (Lipinski definition) is 1. The Morgan fingerprint density at radius 2 is 2.00 bits per heavy atom. The Hall–Kier alpha value is -0.530. The quantitative estimate of drug-likeness (QED) is 0.750. The highest BCUT2D eigenvalue weighted by Crippen LogP contribution is 2.39. The van der Waals surface area contributed by atoms with Gasteiger partial charge in [0.1, 0.15) is 0 Å². The molecular weight excluding hydrogens is 212 g/mol. The molecule has 0 radical (unpaired) electrons. The molecule has 0 aromatic carbocycles. The number of carbonyl (C=O) groups is 1. The molecule has 2 heteroatoms. The monoisotopic (exact) mass is 240 g/mol. The van der Waals surface area contributed by atoms with Gasteiger partial charge in [-0.05, 0) is 43.4 Å². The van der Waals surface area contributed by atoms with Gasteiger partial charge < -0.3 is 5.11 Å². The molecule has 0 spiro atoms. The molecule has 1 rings (SSSR count). The Labute approximate surface area is 106 Å². The van der Waals surface area contributed by atoms with Crippen LogP contribution in [0.2, 0.25) is 0 Å². The number of carboxylic acid groups (broad SMARTS) is 1. The number of hydrogen-bond acceptors (Lipinski definition) is 1. The lowest BCUT2D eigenvalue weighted by molar-refractivity contribution is -0.145. The van der Waals surface area contributed by atoms with Crippen LogP contribution in [0.25, 0.3) is 0 Å². The molecule has 0 saturated heterocycles. The van der Waals surface area contributed by atoms with Gasteiger partial charge in [0.05, 0.1) is 5.92 Å². The van der Waals surface area contributed by atoms with Gasteiger partial charge in [-0.15, -0.1) is 0 Å². The van der Waals surface area contributed by atoms with E-state index in [0.717, 1.165) is 31.6 Å². The third-order valence-electron chi connectivity index (χ3n) is 4.22. The predicted molar refractivity (Wildman–Crippen MR) is 70.9 cm³/mol. The van der Waals surface area contributed by atoms with Gasteiger partial charge >= 0.3 is 5.97 Å². The zero-order valence-corrected chi connectivity index (χ0v) is 11.6. The van der Waals surface area contributed by atoms with E-state index in [1.807, 2.05) is 0 Å². The predicted octanol–water partition coefficient (Wildman–Crippen LogP) is 4.34. The Kier molecular flexibility index (Phi) is 6.01. The molecule has 0 amide bonds. The molecule has 1 fully saturated rings. The molecule has 1 saturated carbocycles. The molecule has 1 aliphatic rings. The first-order valence-electron chi connectivity index (χ1n) is 7.27. The molecule has 100 valence electrons. The van der Waals surface area contributed by atoms with Crippen molar-refractivity contribution < 1.29 is 9.90 Å². The second kappa shape index (κ2) is 7.03. The van der Waals surface area contributed by atoms with E-state index in [0.29, 0.717) is 11.8 Å². The van der Waals surface area contributed by atoms with E-state index in [1.165, 1.54) is 19.3 Å². The number of aliphatic carboxylic acids is 1. The first kappa shape index (κ1) is 14.5. The van der Waals surface area contributed by atoms with Crippen LogP contribution in [0, 0.1) is 23.7 Å². The lowest BCUT2D eigenvalue weighted by Gasteiger charge is -2.34. The summed E-state index contributed by atoms with van der Waals surface area (Å²) in [6.45, 7) is 6.68. The SMILES string of the molecule is CCCC1CCC(C(=O)O)C(CCC(C)C)C1. The maximum Gasteiger partial charge on any atom is 0.306 e. The number of rotatable bonds is 6. The maximum atomic E-state index is 11.3. The fourth-order valence-electron chi connectivity index (χ4n) is 3.22. The standard InChI is InChI=1S/C15H28O2/c1-4-5-12-7-9-14(15(16)17)13(10-12)8-6-11(2)3/h11-14H,4-10H2,1-3H3,(H,16,17). The molecule has 17 heavy (non-hydrogen) atoms. The van der Waals surface area contributed by atoms with E-state index in [4.69, 9.17) is 0 Å². The average molecular weight is 240 g/mol. The van der Waals surface area contributed by atoms with Crippen LogP contribution in [0.15, 0.2) is 0 Å². The summed E-state index contributed by atoms with van der Waals surface area (Å²) in [7, 11) is 0. The van der Waals surface area contributed by atoms with Crippen LogP contribution >= 0.6 is 0 Å². The summed E-state index contributed by atoms with van der Waals surface area (Å²) >= 11 is 0. The second-order valence-electron chi connectivity index (χ2n) is 6.14. The summed E-state index contributed by atoms with van der Waals surface area (Å²) in [5.74, 6) is 1.28. The largest absolute Gasteiger partial charge is 0.481 e. The molecule has 0 aliphatic heterocycles. The Bertz CT molecular complexity index is 235. The molecule has 2 nitrogen and oxygen atoms in total. The van der Waals surface area contributed by atoms with Crippen molar-refractivity contribution in [2.45, 2.75) is 65.7 Å². The fourth-order valence-corrected chi connectivity index (χ4v) is 3.22. The van der Waals surface area contributed by atoms with Gasteiger partial charge in [-0.1, -0.05) is 40.0 Å². The molecule has 0 aromatic heterocycles. The van der Waals surface area contributed by atoms with E-state index in [1.54, 1.807) is 0 Å².